The Bertz CT molecular complexity index is 1850. The minimum Gasteiger partial charge on any atom is -0.356 e. The van der Waals surface area contributed by atoms with Crippen LogP contribution >= 0.6 is 0 Å². The maximum atomic E-state index is 7.07. The van der Waals surface area contributed by atoms with Crippen molar-refractivity contribution in [2.24, 2.45) is 0 Å². The van der Waals surface area contributed by atoms with Gasteiger partial charge in [-0.2, -0.15) is 0 Å². The number of anilines is 2. The molecule has 2 aliphatic carbocycles. The first-order valence-electron chi connectivity index (χ1n) is 16.2. The van der Waals surface area contributed by atoms with E-state index in [9.17, 15) is 0 Å². The minimum atomic E-state index is 0.122. The van der Waals surface area contributed by atoms with Gasteiger partial charge in [0.25, 0.3) is 0 Å². The van der Waals surface area contributed by atoms with Crippen LogP contribution in [0.15, 0.2) is 150 Å². The van der Waals surface area contributed by atoms with Crippen molar-refractivity contribution in [3.05, 3.63) is 184 Å². The van der Waals surface area contributed by atoms with Crippen molar-refractivity contribution in [3.63, 3.8) is 0 Å². The molecule has 0 bridgehead atoms. The van der Waals surface area contributed by atoms with Crippen molar-refractivity contribution in [2.75, 3.05) is 10.6 Å². The molecule has 45 heavy (non-hydrogen) atoms. The standard InChI is InChI=1S/C42H39BN2/c1-29-24-25-30-14-8-9-15-31(30)26-27-37(40(29)43)36-22-12-13-23-39(36)45-42-38(32-16-4-2-5-17-32)28-33-18-10-11-21-35(33)41(42)44-34-19-6-3-7-20-34/h2-23,37-38,44-45H,24-28H2,1H3/b40-29+. The fraction of sp³-hybridized carbons (Fsp3) is 0.190. The molecule has 2 unspecified atom stereocenters. The van der Waals surface area contributed by atoms with E-state index < -0.39 is 0 Å². The van der Waals surface area contributed by atoms with Gasteiger partial charge in [-0.25, -0.2) is 0 Å². The quantitative estimate of drug-likeness (QED) is 0.195. The highest BCUT2D eigenvalue weighted by Gasteiger charge is 2.30. The van der Waals surface area contributed by atoms with Gasteiger partial charge in [-0.3, -0.25) is 0 Å². The lowest BCUT2D eigenvalue weighted by Crippen LogP contribution is -2.24. The predicted molar refractivity (Wildman–Crippen MR) is 191 cm³/mol. The molecule has 0 aromatic heterocycles. The molecule has 0 aliphatic heterocycles. The van der Waals surface area contributed by atoms with E-state index in [1.165, 1.54) is 44.7 Å². The van der Waals surface area contributed by atoms with E-state index in [-0.39, 0.29) is 11.8 Å². The predicted octanol–water partition coefficient (Wildman–Crippen LogP) is 10.0. The summed E-state index contributed by atoms with van der Waals surface area (Å²) in [6, 6.07) is 47.9. The Labute approximate surface area is 269 Å². The van der Waals surface area contributed by atoms with Crippen molar-refractivity contribution >= 4 is 24.9 Å². The number of benzene rings is 5. The van der Waals surface area contributed by atoms with Crippen LogP contribution in [0.2, 0.25) is 0 Å². The monoisotopic (exact) mass is 582 g/mol. The van der Waals surface area contributed by atoms with Gasteiger partial charge in [-0.15, -0.1) is 5.47 Å². The van der Waals surface area contributed by atoms with Crippen LogP contribution in [0.25, 0.3) is 5.70 Å². The topological polar surface area (TPSA) is 24.1 Å². The molecule has 220 valence electrons. The second kappa shape index (κ2) is 13.1. The fourth-order valence-corrected chi connectivity index (χ4v) is 7.15. The molecule has 0 saturated heterocycles. The number of allylic oxidation sites excluding steroid dienone is 3. The molecule has 2 radical (unpaired) electrons. The molecule has 2 nitrogen and oxygen atoms in total. The Balaban J connectivity index is 1.36. The normalized spacial score (nSPS) is 19.8. The lowest BCUT2D eigenvalue weighted by Gasteiger charge is -2.33. The summed E-state index contributed by atoms with van der Waals surface area (Å²) in [4.78, 5) is 0. The largest absolute Gasteiger partial charge is 0.356 e. The third kappa shape index (κ3) is 6.13. The van der Waals surface area contributed by atoms with Crippen molar-refractivity contribution in [3.8, 4) is 0 Å². The summed E-state index contributed by atoms with van der Waals surface area (Å²) >= 11 is 0. The molecule has 3 heteroatoms. The molecule has 0 spiro atoms. The van der Waals surface area contributed by atoms with Crippen molar-refractivity contribution in [1.29, 1.82) is 0 Å². The highest BCUT2D eigenvalue weighted by molar-refractivity contribution is 6.23. The first kappa shape index (κ1) is 29.0. The lowest BCUT2D eigenvalue weighted by atomic mass is 9.73. The molecule has 0 heterocycles. The molecule has 5 aromatic rings. The summed E-state index contributed by atoms with van der Waals surface area (Å²) in [7, 11) is 7.07. The fourth-order valence-electron chi connectivity index (χ4n) is 7.15. The Morgan fingerprint density at radius 2 is 1.20 bits per heavy atom. The Morgan fingerprint density at radius 3 is 1.98 bits per heavy atom. The van der Waals surface area contributed by atoms with E-state index >= 15 is 0 Å². The van der Waals surface area contributed by atoms with E-state index in [0.717, 1.165) is 54.6 Å². The summed E-state index contributed by atoms with van der Waals surface area (Å²) in [5.41, 5.74) is 14.8. The molecule has 2 atom stereocenters. The molecule has 0 saturated carbocycles. The van der Waals surface area contributed by atoms with Crippen LogP contribution in [0.1, 0.15) is 65.0 Å². The van der Waals surface area contributed by atoms with Crippen molar-refractivity contribution in [1.82, 2.24) is 0 Å². The van der Waals surface area contributed by atoms with Crippen LogP contribution in [0.4, 0.5) is 11.4 Å². The number of hydrogen-bond acceptors (Lipinski definition) is 2. The molecule has 0 fully saturated rings. The summed E-state index contributed by atoms with van der Waals surface area (Å²) in [5, 5.41) is 7.89. The Kier molecular flexibility index (Phi) is 8.42. The van der Waals surface area contributed by atoms with Gasteiger partial charge in [0.1, 0.15) is 7.85 Å². The van der Waals surface area contributed by atoms with Crippen LogP contribution < -0.4 is 10.6 Å². The number of nitrogens with one attached hydrogen (secondary N) is 2. The van der Waals surface area contributed by atoms with Gasteiger partial charge in [-0.05, 0) is 91.0 Å². The number of fused-ring (bicyclic) bond motifs is 2. The summed E-state index contributed by atoms with van der Waals surface area (Å²) in [6.07, 6.45) is 4.92. The zero-order valence-corrected chi connectivity index (χ0v) is 26.0. The zero-order chi connectivity index (χ0) is 30.6. The first-order valence-corrected chi connectivity index (χ1v) is 16.2. The van der Waals surface area contributed by atoms with Gasteiger partial charge in [0.2, 0.25) is 0 Å². The third-order valence-corrected chi connectivity index (χ3v) is 9.64. The summed E-state index contributed by atoms with van der Waals surface area (Å²) in [6.45, 7) is 2.22. The molecule has 0 amide bonds. The third-order valence-electron chi connectivity index (χ3n) is 9.64. The number of aryl methyl sites for hydroxylation is 2. The van der Waals surface area contributed by atoms with Gasteiger partial charge >= 0.3 is 0 Å². The number of rotatable bonds is 6. The van der Waals surface area contributed by atoms with Gasteiger partial charge in [0.15, 0.2) is 0 Å². The minimum absolute atomic E-state index is 0.122. The first-order chi connectivity index (χ1) is 22.2. The maximum Gasteiger partial charge on any atom is 0.108 e. The molecular formula is C42H39BN2. The molecule has 2 aliphatic rings. The number of hydrogen-bond donors (Lipinski definition) is 2. The molecule has 5 aromatic carbocycles. The van der Waals surface area contributed by atoms with E-state index in [0.29, 0.717) is 0 Å². The van der Waals surface area contributed by atoms with Crippen LogP contribution in [0.3, 0.4) is 0 Å². The van der Waals surface area contributed by atoms with E-state index in [1.54, 1.807) is 0 Å². The van der Waals surface area contributed by atoms with Crippen molar-refractivity contribution < 1.29 is 0 Å². The Morgan fingerprint density at radius 1 is 0.578 bits per heavy atom. The van der Waals surface area contributed by atoms with Gasteiger partial charge in [0, 0.05) is 28.6 Å². The van der Waals surface area contributed by atoms with Crippen LogP contribution in [-0.4, -0.2) is 7.85 Å². The van der Waals surface area contributed by atoms with E-state index in [1.807, 2.05) is 0 Å². The summed E-state index contributed by atoms with van der Waals surface area (Å²) in [5.74, 6) is 0.277. The van der Waals surface area contributed by atoms with Gasteiger partial charge in [-0.1, -0.05) is 121 Å². The highest BCUT2D eigenvalue weighted by Crippen LogP contribution is 2.43. The zero-order valence-electron chi connectivity index (χ0n) is 26.0. The highest BCUT2D eigenvalue weighted by atomic mass is 15.0. The van der Waals surface area contributed by atoms with Crippen LogP contribution in [-0.2, 0) is 19.3 Å². The average Bonchev–Trinajstić information content (AvgIpc) is 3.15. The molecule has 7 rings (SSSR count). The van der Waals surface area contributed by atoms with Gasteiger partial charge < -0.3 is 10.6 Å². The smallest absolute Gasteiger partial charge is 0.108 e. The van der Waals surface area contributed by atoms with Crippen molar-refractivity contribution in [2.45, 2.75) is 50.9 Å². The molecular weight excluding hydrogens is 543 g/mol. The van der Waals surface area contributed by atoms with Crippen LogP contribution in [0.5, 0.6) is 0 Å². The second-order valence-corrected chi connectivity index (χ2v) is 12.4. The summed E-state index contributed by atoms with van der Waals surface area (Å²) < 4.78 is 0. The number of para-hydroxylation sites is 2. The van der Waals surface area contributed by atoms with Gasteiger partial charge in [0.05, 0.1) is 5.70 Å². The second-order valence-electron chi connectivity index (χ2n) is 12.4. The molecule has 2 N–H and O–H groups in total. The van der Waals surface area contributed by atoms with E-state index in [4.69, 9.17) is 7.85 Å². The lowest BCUT2D eigenvalue weighted by molar-refractivity contribution is 0.720. The van der Waals surface area contributed by atoms with Crippen LogP contribution in [0, 0.1) is 0 Å². The average molecular weight is 583 g/mol. The Hall–Kier alpha value is -4.76. The van der Waals surface area contributed by atoms with E-state index in [2.05, 4.69) is 151 Å². The SMILES string of the molecule is [B]/C1=C(\C)CCc2ccccc2CCC1c1ccccc1NC1=C(Nc2ccccc2)c2ccccc2CC1c1ccccc1. The maximum absolute atomic E-state index is 7.07.